The first kappa shape index (κ1) is 33.2. The molecule has 0 bridgehead atoms. The number of hydrogen-bond donors (Lipinski definition) is 4. The van der Waals surface area contributed by atoms with Crippen LogP contribution >= 0.6 is 0 Å². The van der Waals surface area contributed by atoms with Crippen LogP contribution in [-0.4, -0.2) is 66.6 Å². The first-order chi connectivity index (χ1) is 20.6. The average molecular weight is 593 g/mol. The number of primary amides is 1. The lowest BCUT2D eigenvalue weighted by Crippen LogP contribution is -2.48. The Morgan fingerprint density at radius 1 is 0.930 bits per heavy atom. The van der Waals surface area contributed by atoms with Gasteiger partial charge in [0.15, 0.2) is 0 Å². The summed E-state index contributed by atoms with van der Waals surface area (Å²) in [6.45, 7) is 5.58. The molecule has 3 rings (SSSR count). The zero-order valence-corrected chi connectivity index (χ0v) is 24.9. The minimum absolute atomic E-state index is 0.0273. The maximum Gasteiger partial charge on any atom is 0.253 e. The normalized spacial score (nSPS) is 12.3. The van der Waals surface area contributed by atoms with Crippen molar-refractivity contribution in [1.82, 2.24) is 15.5 Å². The number of nitrogens with one attached hydrogen (secondary N) is 2. The molecule has 0 heterocycles. The van der Waals surface area contributed by atoms with Gasteiger partial charge in [0, 0.05) is 42.9 Å². The third kappa shape index (κ3) is 9.90. The lowest BCUT2D eigenvalue weighted by Gasteiger charge is -2.25. The summed E-state index contributed by atoms with van der Waals surface area (Å²) in [7, 11) is 1.59. The van der Waals surface area contributed by atoms with Gasteiger partial charge in [0.25, 0.3) is 11.8 Å². The number of ether oxygens (including phenoxy) is 1. The van der Waals surface area contributed by atoms with Gasteiger partial charge in [-0.2, -0.15) is 0 Å². The molecular formula is C33H41FN4O5. The Bertz CT molecular complexity index is 1380. The summed E-state index contributed by atoms with van der Waals surface area (Å²) in [6, 6.07) is 16.7. The van der Waals surface area contributed by atoms with Crippen molar-refractivity contribution in [3.63, 3.8) is 0 Å². The molecule has 3 amide bonds. The number of aliphatic hydroxyl groups excluding tert-OH is 1. The maximum atomic E-state index is 13.5. The molecule has 0 unspecified atom stereocenters. The summed E-state index contributed by atoms with van der Waals surface area (Å²) in [6.07, 6.45) is 0.674. The van der Waals surface area contributed by atoms with E-state index in [2.05, 4.69) is 10.6 Å². The Morgan fingerprint density at radius 2 is 1.58 bits per heavy atom. The van der Waals surface area contributed by atoms with Crippen LogP contribution < -0.4 is 21.1 Å². The van der Waals surface area contributed by atoms with Crippen LogP contribution in [0.4, 0.5) is 4.39 Å². The number of methoxy groups -OCH3 is 1. The lowest BCUT2D eigenvalue weighted by atomic mass is 9.99. The van der Waals surface area contributed by atoms with Crippen LogP contribution in [0.1, 0.15) is 68.9 Å². The highest BCUT2D eigenvalue weighted by atomic mass is 19.1. The third-order valence-corrected chi connectivity index (χ3v) is 6.97. The molecule has 9 nitrogen and oxygen atoms in total. The molecular weight excluding hydrogens is 551 g/mol. The van der Waals surface area contributed by atoms with Crippen molar-refractivity contribution in [1.29, 1.82) is 0 Å². The first-order valence-electron chi connectivity index (χ1n) is 14.5. The summed E-state index contributed by atoms with van der Waals surface area (Å²) >= 11 is 0. The minimum atomic E-state index is -1.04. The van der Waals surface area contributed by atoms with Gasteiger partial charge in [0.05, 0.1) is 19.3 Å². The molecule has 0 aliphatic carbocycles. The number of aliphatic hydroxyl groups is 1. The number of carbonyl (C=O) groups is 3. The van der Waals surface area contributed by atoms with E-state index in [1.54, 1.807) is 24.1 Å². The zero-order valence-electron chi connectivity index (χ0n) is 24.9. The van der Waals surface area contributed by atoms with Gasteiger partial charge in [0.2, 0.25) is 5.91 Å². The van der Waals surface area contributed by atoms with E-state index in [0.29, 0.717) is 30.9 Å². The Kier molecular flexibility index (Phi) is 12.7. The van der Waals surface area contributed by atoms with Crippen molar-refractivity contribution in [3.8, 4) is 5.75 Å². The number of nitrogens with zero attached hydrogens (tertiary/aromatic N) is 1. The van der Waals surface area contributed by atoms with Gasteiger partial charge in [-0.3, -0.25) is 14.4 Å². The van der Waals surface area contributed by atoms with E-state index in [0.717, 1.165) is 18.4 Å². The highest BCUT2D eigenvalue weighted by molar-refractivity contribution is 6.04. The lowest BCUT2D eigenvalue weighted by molar-refractivity contribution is 0.0755. The number of carbonyl (C=O) groups excluding carboxylic acids is 3. The Balaban J connectivity index is 1.84. The fourth-order valence-electron chi connectivity index (χ4n) is 4.76. The standard InChI is InChI=1S/C33H41FN4O5/c1-4-13-38(14-5-2)33(42)26-18-24(31(35)40)17-25(19-26)32(41)37-29(16-22-9-11-27(34)12-10-22)30(39)21-36-20-23-7-6-8-28(15-23)43-3/h6-12,15,17-19,29-30,36,39H,4-5,13-14,16,20-21H2,1-3H3,(H2,35,40)(H,37,41)/t29-,30+/m0/s1. The molecule has 0 fully saturated rings. The molecule has 2 atom stereocenters. The van der Waals surface area contributed by atoms with Crippen molar-refractivity contribution < 1.29 is 28.6 Å². The summed E-state index contributed by atoms with van der Waals surface area (Å²) in [5.74, 6) is -1.35. The monoisotopic (exact) mass is 592 g/mol. The number of amides is 3. The Hall–Kier alpha value is -4.28. The second-order valence-corrected chi connectivity index (χ2v) is 10.4. The SMILES string of the molecule is CCCN(CCC)C(=O)c1cc(C(N)=O)cc(C(=O)N[C@@H](Cc2ccc(F)cc2)[C@H](O)CNCc2cccc(OC)c2)c1. The van der Waals surface area contributed by atoms with Gasteiger partial charge >= 0.3 is 0 Å². The summed E-state index contributed by atoms with van der Waals surface area (Å²) in [4.78, 5) is 40.7. The van der Waals surface area contributed by atoms with Crippen LogP contribution in [0.25, 0.3) is 0 Å². The van der Waals surface area contributed by atoms with E-state index in [4.69, 9.17) is 10.5 Å². The summed E-state index contributed by atoms with van der Waals surface area (Å²) in [5, 5.41) is 17.2. The third-order valence-electron chi connectivity index (χ3n) is 6.97. The molecule has 10 heteroatoms. The van der Waals surface area contributed by atoms with Crippen molar-refractivity contribution in [2.75, 3.05) is 26.7 Å². The number of rotatable bonds is 16. The van der Waals surface area contributed by atoms with Gasteiger partial charge in [-0.05, 0) is 72.9 Å². The number of hydrogen-bond acceptors (Lipinski definition) is 6. The number of nitrogens with two attached hydrogens (primary N) is 1. The van der Waals surface area contributed by atoms with Crippen LogP contribution in [0.15, 0.2) is 66.7 Å². The second-order valence-electron chi connectivity index (χ2n) is 10.4. The smallest absolute Gasteiger partial charge is 0.253 e. The molecule has 3 aromatic rings. The minimum Gasteiger partial charge on any atom is -0.497 e. The predicted molar refractivity (Wildman–Crippen MR) is 164 cm³/mol. The quantitative estimate of drug-likeness (QED) is 0.201. The highest BCUT2D eigenvalue weighted by Gasteiger charge is 2.25. The van der Waals surface area contributed by atoms with Crippen LogP contribution in [0.2, 0.25) is 0 Å². The highest BCUT2D eigenvalue weighted by Crippen LogP contribution is 2.16. The van der Waals surface area contributed by atoms with Crippen LogP contribution in [0.5, 0.6) is 5.75 Å². The Morgan fingerprint density at radius 3 is 2.21 bits per heavy atom. The van der Waals surface area contributed by atoms with Gasteiger partial charge in [-0.1, -0.05) is 38.1 Å². The molecule has 0 radical (unpaired) electrons. The van der Waals surface area contributed by atoms with Crippen LogP contribution in [-0.2, 0) is 13.0 Å². The fourth-order valence-corrected chi connectivity index (χ4v) is 4.76. The predicted octanol–water partition coefficient (Wildman–Crippen LogP) is 3.69. The Labute approximate surface area is 252 Å². The molecule has 230 valence electrons. The van der Waals surface area contributed by atoms with Crippen molar-refractivity contribution in [2.45, 2.75) is 51.8 Å². The fraction of sp³-hybridized carbons (Fsp3) is 0.364. The molecule has 0 saturated heterocycles. The van der Waals surface area contributed by atoms with E-state index in [-0.39, 0.29) is 35.6 Å². The van der Waals surface area contributed by atoms with Gasteiger partial charge in [0.1, 0.15) is 11.6 Å². The van der Waals surface area contributed by atoms with Gasteiger partial charge in [-0.15, -0.1) is 0 Å². The van der Waals surface area contributed by atoms with Crippen molar-refractivity contribution >= 4 is 17.7 Å². The number of halogens is 1. The van der Waals surface area contributed by atoms with E-state index in [1.807, 2.05) is 38.1 Å². The molecule has 5 N–H and O–H groups in total. The maximum absolute atomic E-state index is 13.5. The largest absolute Gasteiger partial charge is 0.497 e. The molecule has 3 aromatic carbocycles. The van der Waals surface area contributed by atoms with E-state index in [1.165, 1.54) is 30.3 Å². The molecule has 0 saturated carbocycles. The average Bonchev–Trinajstić information content (AvgIpc) is 3.01. The van der Waals surface area contributed by atoms with Gasteiger partial charge in [-0.25, -0.2) is 4.39 Å². The van der Waals surface area contributed by atoms with Crippen LogP contribution in [0, 0.1) is 5.82 Å². The van der Waals surface area contributed by atoms with Crippen molar-refractivity contribution in [3.05, 3.63) is 100 Å². The second kappa shape index (κ2) is 16.4. The first-order valence-corrected chi connectivity index (χ1v) is 14.5. The topological polar surface area (TPSA) is 134 Å². The molecule has 0 aromatic heterocycles. The molecule has 0 aliphatic heterocycles. The molecule has 43 heavy (non-hydrogen) atoms. The zero-order chi connectivity index (χ0) is 31.4. The van der Waals surface area contributed by atoms with E-state index in [9.17, 15) is 23.9 Å². The van der Waals surface area contributed by atoms with E-state index < -0.39 is 29.8 Å². The summed E-state index contributed by atoms with van der Waals surface area (Å²) < 4.78 is 18.8. The van der Waals surface area contributed by atoms with Crippen molar-refractivity contribution in [2.24, 2.45) is 5.73 Å². The van der Waals surface area contributed by atoms with Gasteiger partial charge < -0.3 is 31.1 Å². The molecule has 0 aliphatic rings. The van der Waals surface area contributed by atoms with Crippen LogP contribution in [0.3, 0.4) is 0 Å². The number of benzene rings is 3. The summed E-state index contributed by atoms with van der Waals surface area (Å²) in [5.41, 5.74) is 7.47. The van der Waals surface area contributed by atoms with E-state index >= 15 is 0 Å². The molecule has 0 spiro atoms.